The summed E-state index contributed by atoms with van der Waals surface area (Å²) in [6.07, 6.45) is 8.29. The molecule has 3 aromatic rings. The molecular weight excluding hydrogens is 352 g/mol. The third-order valence-corrected chi connectivity index (χ3v) is 5.37. The molecule has 27 heavy (non-hydrogen) atoms. The Labute approximate surface area is 167 Å². The number of fused-ring (bicyclic) bond motifs is 1. The molecule has 0 aliphatic rings. The van der Waals surface area contributed by atoms with Crippen LogP contribution in [0.25, 0.3) is 22.0 Å². The Hall–Kier alpha value is -1.82. The van der Waals surface area contributed by atoms with Crippen LogP contribution in [0.1, 0.15) is 25.8 Å². The Kier molecular flexibility index (Phi) is 6.94. The van der Waals surface area contributed by atoms with Gasteiger partial charge in [-0.1, -0.05) is 26.0 Å². The summed E-state index contributed by atoms with van der Waals surface area (Å²) >= 11 is 1.65. The van der Waals surface area contributed by atoms with Gasteiger partial charge in [-0.25, -0.2) is 4.31 Å². The van der Waals surface area contributed by atoms with Gasteiger partial charge in [0.25, 0.3) is 0 Å². The maximum Gasteiger partial charge on any atom is 0.0489 e. The molecule has 0 amide bonds. The number of aryl methyl sites for hydroxylation is 1. The van der Waals surface area contributed by atoms with Crippen LogP contribution in [0.5, 0.6) is 0 Å². The lowest BCUT2D eigenvalue weighted by molar-refractivity contribution is 0.524. The van der Waals surface area contributed by atoms with Crippen molar-refractivity contribution in [2.75, 3.05) is 20.6 Å². The van der Waals surface area contributed by atoms with Crippen molar-refractivity contribution >= 4 is 23.0 Å². The molecule has 0 aliphatic heterocycles. The Morgan fingerprint density at radius 2 is 1.89 bits per heavy atom. The molecule has 0 aliphatic carbocycles. The van der Waals surface area contributed by atoms with Crippen LogP contribution < -0.4 is 4.72 Å². The summed E-state index contributed by atoms with van der Waals surface area (Å²) < 4.78 is 7.94. The molecule has 2 aromatic heterocycles. The van der Waals surface area contributed by atoms with E-state index in [0.717, 1.165) is 19.5 Å². The topological polar surface area (TPSA) is 33.1 Å². The maximum absolute atomic E-state index is 4.14. The van der Waals surface area contributed by atoms with Crippen LogP contribution in [0.2, 0.25) is 0 Å². The maximum atomic E-state index is 4.14. The number of benzene rings is 1. The second-order valence-electron chi connectivity index (χ2n) is 7.55. The number of rotatable bonds is 9. The lowest BCUT2D eigenvalue weighted by Crippen LogP contribution is -2.15. The van der Waals surface area contributed by atoms with Gasteiger partial charge >= 0.3 is 0 Å². The van der Waals surface area contributed by atoms with Gasteiger partial charge in [-0.05, 0) is 67.7 Å². The highest BCUT2D eigenvalue weighted by atomic mass is 32.2. The zero-order chi connectivity index (χ0) is 19.2. The Morgan fingerprint density at radius 1 is 1.11 bits per heavy atom. The molecule has 2 heterocycles. The van der Waals surface area contributed by atoms with Crippen molar-refractivity contribution in [3.05, 3.63) is 54.5 Å². The minimum Gasteiger partial charge on any atom is -0.347 e. The third-order valence-electron chi connectivity index (χ3n) is 4.67. The van der Waals surface area contributed by atoms with Crippen molar-refractivity contribution in [3.63, 3.8) is 0 Å². The van der Waals surface area contributed by atoms with Crippen molar-refractivity contribution in [1.82, 2.24) is 18.6 Å². The van der Waals surface area contributed by atoms with Gasteiger partial charge in [0.1, 0.15) is 0 Å². The fourth-order valence-electron chi connectivity index (χ4n) is 3.23. The van der Waals surface area contributed by atoms with Crippen molar-refractivity contribution in [1.29, 1.82) is 0 Å². The van der Waals surface area contributed by atoms with Crippen molar-refractivity contribution in [2.24, 2.45) is 5.92 Å². The van der Waals surface area contributed by atoms with E-state index in [2.05, 4.69) is 83.0 Å². The van der Waals surface area contributed by atoms with Crippen LogP contribution >= 0.6 is 12.1 Å². The molecule has 0 fully saturated rings. The molecular formula is C22H30N4S. The predicted octanol–water partition coefficient (Wildman–Crippen LogP) is 5.01. The van der Waals surface area contributed by atoms with Crippen molar-refractivity contribution < 1.29 is 0 Å². The highest BCUT2D eigenvalue weighted by molar-refractivity contribution is 7.95. The second kappa shape index (κ2) is 9.40. The summed E-state index contributed by atoms with van der Waals surface area (Å²) in [6.45, 7) is 6.60. The number of aromatic nitrogens is 2. The number of hydrogen-bond donors (Lipinski definition) is 1. The van der Waals surface area contributed by atoms with Gasteiger partial charge in [-0.3, -0.25) is 9.71 Å². The largest absolute Gasteiger partial charge is 0.347 e. The molecule has 4 nitrogen and oxygen atoms in total. The van der Waals surface area contributed by atoms with Crippen molar-refractivity contribution in [3.8, 4) is 11.1 Å². The number of pyridine rings is 1. The van der Waals surface area contributed by atoms with Crippen LogP contribution in [0.4, 0.5) is 0 Å². The molecule has 0 radical (unpaired) electrons. The average Bonchev–Trinajstić information content (AvgIpc) is 3.01. The lowest BCUT2D eigenvalue weighted by Gasteiger charge is -2.09. The van der Waals surface area contributed by atoms with Crippen molar-refractivity contribution in [2.45, 2.75) is 33.2 Å². The smallest absolute Gasteiger partial charge is 0.0489 e. The van der Waals surface area contributed by atoms with E-state index in [9.17, 15) is 0 Å². The van der Waals surface area contributed by atoms with Crippen LogP contribution in [-0.4, -0.2) is 34.5 Å². The molecule has 0 atom stereocenters. The van der Waals surface area contributed by atoms with E-state index in [1.54, 1.807) is 12.1 Å². The van der Waals surface area contributed by atoms with Gasteiger partial charge in [0.15, 0.2) is 0 Å². The molecule has 1 aromatic carbocycles. The van der Waals surface area contributed by atoms with E-state index >= 15 is 0 Å². The first-order chi connectivity index (χ1) is 13.0. The monoisotopic (exact) mass is 382 g/mol. The zero-order valence-corrected chi connectivity index (χ0v) is 17.6. The van der Waals surface area contributed by atoms with Gasteiger partial charge in [0.2, 0.25) is 0 Å². The lowest BCUT2D eigenvalue weighted by atomic mass is 10.0. The average molecular weight is 383 g/mol. The zero-order valence-electron chi connectivity index (χ0n) is 16.8. The normalized spacial score (nSPS) is 11.8. The molecule has 0 bridgehead atoms. The quantitative estimate of drug-likeness (QED) is 0.417. The molecule has 3 rings (SSSR count). The van der Waals surface area contributed by atoms with Gasteiger partial charge in [-0.15, -0.1) is 0 Å². The fourth-order valence-corrected chi connectivity index (χ4v) is 3.69. The molecule has 0 unspecified atom stereocenters. The van der Waals surface area contributed by atoms with E-state index in [4.69, 9.17) is 0 Å². The Bertz CT molecular complexity index is 855. The Balaban J connectivity index is 1.89. The van der Waals surface area contributed by atoms with E-state index in [0.29, 0.717) is 5.92 Å². The molecule has 0 spiro atoms. The summed E-state index contributed by atoms with van der Waals surface area (Å²) in [5, 5.41) is 1.37. The van der Waals surface area contributed by atoms with Crippen LogP contribution in [0, 0.1) is 5.92 Å². The first-order valence-electron chi connectivity index (χ1n) is 9.64. The standard InChI is InChI=1S/C22H30N4S/c1-17(2)10-14-26-16-20(9-13-24-27-25(3)4)21-6-5-19(15-22(21)26)18-7-11-23-12-8-18/h5-8,11-12,15-17,24H,9-10,13-14H2,1-4H3. The number of nitrogens with one attached hydrogen (secondary N) is 1. The number of nitrogens with zero attached hydrogens (tertiary/aromatic N) is 3. The van der Waals surface area contributed by atoms with Crippen LogP contribution in [0.15, 0.2) is 48.9 Å². The Morgan fingerprint density at radius 3 is 2.59 bits per heavy atom. The van der Waals surface area contributed by atoms with Gasteiger partial charge in [-0.2, -0.15) is 0 Å². The summed E-state index contributed by atoms with van der Waals surface area (Å²) in [6, 6.07) is 11.0. The fraction of sp³-hybridized carbons (Fsp3) is 0.409. The first-order valence-corrected chi connectivity index (χ1v) is 10.4. The van der Waals surface area contributed by atoms with E-state index in [1.807, 2.05) is 12.4 Å². The summed E-state index contributed by atoms with van der Waals surface area (Å²) in [5.74, 6) is 0.701. The van der Waals surface area contributed by atoms with Gasteiger partial charge in [0.05, 0.1) is 0 Å². The molecule has 0 saturated carbocycles. The summed E-state index contributed by atoms with van der Waals surface area (Å²) in [7, 11) is 4.10. The van der Waals surface area contributed by atoms with E-state index in [1.165, 1.54) is 34.0 Å². The summed E-state index contributed by atoms with van der Waals surface area (Å²) in [4.78, 5) is 4.14. The molecule has 144 valence electrons. The molecule has 1 N–H and O–H groups in total. The highest BCUT2D eigenvalue weighted by Gasteiger charge is 2.11. The van der Waals surface area contributed by atoms with Crippen LogP contribution in [-0.2, 0) is 13.0 Å². The number of hydrogen-bond acceptors (Lipinski definition) is 4. The van der Waals surface area contributed by atoms with Crippen LogP contribution in [0.3, 0.4) is 0 Å². The second-order valence-corrected chi connectivity index (χ2v) is 8.75. The summed E-state index contributed by atoms with van der Waals surface area (Å²) in [5.41, 5.74) is 5.22. The SMILES string of the molecule is CC(C)CCn1cc(CCNSN(C)C)c2ccc(-c3ccncc3)cc21. The highest BCUT2D eigenvalue weighted by Crippen LogP contribution is 2.28. The van der Waals surface area contributed by atoms with E-state index in [-0.39, 0.29) is 0 Å². The predicted molar refractivity (Wildman–Crippen MR) is 118 cm³/mol. The molecule has 5 heteroatoms. The third kappa shape index (κ3) is 5.34. The van der Waals surface area contributed by atoms with Gasteiger partial charge in [0, 0.05) is 54.7 Å². The first kappa shape index (κ1) is 19.9. The molecule has 0 saturated heterocycles. The van der Waals surface area contributed by atoms with Gasteiger partial charge < -0.3 is 4.57 Å². The minimum absolute atomic E-state index is 0.701. The minimum atomic E-state index is 0.701. The van der Waals surface area contributed by atoms with E-state index < -0.39 is 0 Å².